The second kappa shape index (κ2) is 5.98. The van der Waals surface area contributed by atoms with Crippen LogP contribution in [0.4, 0.5) is 0 Å². The van der Waals surface area contributed by atoms with E-state index in [1.54, 1.807) is 6.92 Å². The molecule has 1 aromatic rings. The van der Waals surface area contributed by atoms with Crippen LogP contribution in [0.25, 0.3) is 0 Å². The summed E-state index contributed by atoms with van der Waals surface area (Å²) < 4.78 is 4.84. The van der Waals surface area contributed by atoms with E-state index in [0.29, 0.717) is 17.9 Å². The molecule has 0 amide bonds. The van der Waals surface area contributed by atoms with Crippen LogP contribution in [0.2, 0.25) is 0 Å². The zero-order valence-electron chi connectivity index (χ0n) is 11.9. The molecule has 18 heavy (non-hydrogen) atoms. The van der Waals surface area contributed by atoms with Crippen LogP contribution in [-0.2, 0) is 11.2 Å². The molecule has 0 bridgehead atoms. The van der Waals surface area contributed by atoms with Crippen molar-refractivity contribution in [3.63, 3.8) is 0 Å². The maximum atomic E-state index is 11.4. The summed E-state index contributed by atoms with van der Waals surface area (Å²) in [6.07, 6.45) is 1.89. The maximum absolute atomic E-state index is 11.4. The Morgan fingerprint density at radius 3 is 2.67 bits per heavy atom. The Labute approximate surface area is 108 Å². The van der Waals surface area contributed by atoms with E-state index in [9.17, 15) is 4.79 Å². The molecule has 1 N–H and O–H groups in total. The van der Waals surface area contributed by atoms with Gasteiger partial charge in [-0.3, -0.25) is 5.10 Å². The van der Waals surface area contributed by atoms with Crippen molar-refractivity contribution in [2.24, 2.45) is 11.3 Å². The third-order valence-electron chi connectivity index (χ3n) is 2.49. The minimum absolute atomic E-state index is 0.120. The Balaban J connectivity index is 2.56. The lowest BCUT2D eigenvalue weighted by Gasteiger charge is -2.22. The van der Waals surface area contributed by atoms with Crippen molar-refractivity contribution in [1.29, 1.82) is 0 Å². The van der Waals surface area contributed by atoms with Gasteiger partial charge in [0.1, 0.15) is 5.82 Å². The standard InChI is InChI=1S/C13H23N3O2/c1-6-18-12(17)11-14-10(15-16-11)7-9(2)8-13(3,4)5/h9H,6-8H2,1-5H3,(H,14,15,16). The SMILES string of the molecule is CCOC(=O)c1n[nH]c(CC(C)CC(C)(C)C)n1. The van der Waals surface area contributed by atoms with Gasteiger partial charge in [0.05, 0.1) is 6.61 Å². The van der Waals surface area contributed by atoms with Gasteiger partial charge in [-0.25, -0.2) is 9.78 Å². The highest BCUT2D eigenvalue weighted by Gasteiger charge is 2.18. The molecule has 1 unspecified atom stereocenters. The number of ether oxygens (including phenoxy) is 1. The van der Waals surface area contributed by atoms with Crippen molar-refractivity contribution in [3.05, 3.63) is 11.6 Å². The summed E-state index contributed by atoms with van der Waals surface area (Å²) in [5.41, 5.74) is 0.295. The second-order valence-electron chi connectivity index (χ2n) is 5.90. The highest BCUT2D eigenvalue weighted by molar-refractivity contribution is 5.84. The molecule has 1 heterocycles. The first-order chi connectivity index (χ1) is 8.31. The molecule has 0 saturated heterocycles. The van der Waals surface area contributed by atoms with E-state index in [2.05, 4.69) is 42.9 Å². The molecule has 0 aliphatic heterocycles. The lowest BCUT2D eigenvalue weighted by Crippen LogP contribution is -2.13. The molecule has 0 saturated carbocycles. The van der Waals surface area contributed by atoms with E-state index >= 15 is 0 Å². The number of aromatic amines is 1. The van der Waals surface area contributed by atoms with E-state index < -0.39 is 5.97 Å². The molecule has 0 aromatic carbocycles. The van der Waals surface area contributed by atoms with Gasteiger partial charge in [0.2, 0.25) is 0 Å². The number of H-pyrrole nitrogens is 1. The number of nitrogens with zero attached hydrogens (tertiary/aromatic N) is 2. The number of esters is 1. The molecule has 1 rings (SSSR count). The number of rotatable bonds is 5. The fraction of sp³-hybridized carbons (Fsp3) is 0.769. The summed E-state index contributed by atoms with van der Waals surface area (Å²) in [4.78, 5) is 15.6. The molecule has 0 spiro atoms. The normalized spacial score (nSPS) is 13.4. The molecule has 102 valence electrons. The highest BCUT2D eigenvalue weighted by Crippen LogP contribution is 2.25. The van der Waals surface area contributed by atoms with Gasteiger partial charge in [0.25, 0.3) is 5.82 Å². The summed E-state index contributed by atoms with van der Waals surface area (Å²) in [6, 6.07) is 0. The predicted molar refractivity (Wildman–Crippen MR) is 69.3 cm³/mol. The summed E-state index contributed by atoms with van der Waals surface area (Å²) in [7, 11) is 0. The number of carbonyl (C=O) groups excluding carboxylic acids is 1. The van der Waals surface area contributed by atoms with E-state index in [1.165, 1.54) is 0 Å². The molecular formula is C13H23N3O2. The Hall–Kier alpha value is -1.39. The zero-order chi connectivity index (χ0) is 13.8. The Morgan fingerprint density at radius 1 is 1.44 bits per heavy atom. The average Bonchev–Trinajstić information content (AvgIpc) is 2.63. The first-order valence-electron chi connectivity index (χ1n) is 6.40. The van der Waals surface area contributed by atoms with Crippen LogP contribution >= 0.6 is 0 Å². The number of carbonyl (C=O) groups is 1. The molecule has 5 heteroatoms. The van der Waals surface area contributed by atoms with Gasteiger partial charge in [-0.05, 0) is 24.7 Å². The van der Waals surface area contributed by atoms with Crippen LogP contribution in [-0.4, -0.2) is 27.8 Å². The summed E-state index contributed by atoms with van der Waals surface area (Å²) in [5.74, 6) is 0.890. The van der Waals surface area contributed by atoms with E-state index in [-0.39, 0.29) is 5.82 Å². The first-order valence-corrected chi connectivity index (χ1v) is 6.40. The van der Waals surface area contributed by atoms with Crippen molar-refractivity contribution >= 4 is 5.97 Å². The van der Waals surface area contributed by atoms with Crippen molar-refractivity contribution in [2.75, 3.05) is 6.61 Å². The van der Waals surface area contributed by atoms with Gasteiger partial charge in [0.15, 0.2) is 0 Å². The van der Waals surface area contributed by atoms with Crippen LogP contribution in [0.3, 0.4) is 0 Å². The lowest BCUT2D eigenvalue weighted by molar-refractivity contribution is 0.0512. The number of hydrogen-bond donors (Lipinski definition) is 1. The minimum Gasteiger partial charge on any atom is -0.460 e. The number of nitrogens with one attached hydrogen (secondary N) is 1. The van der Waals surface area contributed by atoms with Crippen LogP contribution in [0, 0.1) is 11.3 Å². The Kier molecular flexibility index (Phi) is 4.87. The number of aromatic nitrogens is 3. The number of hydrogen-bond acceptors (Lipinski definition) is 4. The smallest absolute Gasteiger partial charge is 0.378 e. The third kappa shape index (κ3) is 4.85. The minimum atomic E-state index is -0.469. The van der Waals surface area contributed by atoms with Gasteiger partial charge in [-0.15, -0.1) is 5.10 Å². The van der Waals surface area contributed by atoms with Crippen LogP contribution in [0.5, 0.6) is 0 Å². The summed E-state index contributed by atoms with van der Waals surface area (Å²) in [6.45, 7) is 10.9. The predicted octanol–water partition coefficient (Wildman–Crippen LogP) is 2.60. The summed E-state index contributed by atoms with van der Waals surface area (Å²) >= 11 is 0. The van der Waals surface area contributed by atoms with Gasteiger partial charge in [0, 0.05) is 6.42 Å². The van der Waals surface area contributed by atoms with E-state index in [1.807, 2.05) is 0 Å². The molecule has 0 aliphatic rings. The average molecular weight is 253 g/mol. The fourth-order valence-electron chi connectivity index (χ4n) is 2.12. The highest BCUT2D eigenvalue weighted by atomic mass is 16.5. The molecule has 0 aliphatic carbocycles. The molecule has 1 aromatic heterocycles. The van der Waals surface area contributed by atoms with Crippen molar-refractivity contribution < 1.29 is 9.53 Å². The Morgan fingerprint density at radius 2 is 2.11 bits per heavy atom. The van der Waals surface area contributed by atoms with Crippen molar-refractivity contribution in [1.82, 2.24) is 15.2 Å². The van der Waals surface area contributed by atoms with Crippen molar-refractivity contribution in [2.45, 2.75) is 47.5 Å². The maximum Gasteiger partial charge on any atom is 0.378 e. The molecule has 1 atom stereocenters. The van der Waals surface area contributed by atoms with Crippen LogP contribution in [0.1, 0.15) is 57.5 Å². The van der Waals surface area contributed by atoms with Gasteiger partial charge in [-0.2, -0.15) is 0 Å². The molecule has 0 fully saturated rings. The zero-order valence-corrected chi connectivity index (χ0v) is 11.9. The van der Waals surface area contributed by atoms with Gasteiger partial charge >= 0.3 is 5.97 Å². The third-order valence-corrected chi connectivity index (χ3v) is 2.49. The van der Waals surface area contributed by atoms with Crippen molar-refractivity contribution in [3.8, 4) is 0 Å². The van der Waals surface area contributed by atoms with E-state index in [0.717, 1.165) is 18.7 Å². The molecule has 0 radical (unpaired) electrons. The van der Waals surface area contributed by atoms with Crippen LogP contribution < -0.4 is 0 Å². The van der Waals surface area contributed by atoms with Gasteiger partial charge in [-0.1, -0.05) is 27.7 Å². The first kappa shape index (κ1) is 14.7. The van der Waals surface area contributed by atoms with Gasteiger partial charge < -0.3 is 4.74 Å². The second-order valence-corrected chi connectivity index (χ2v) is 5.90. The molecular weight excluding hydrogens is 230 g/mol. The summed E-state index contributed by atoms with van der Waals surface area (Å²) in [5, 5.41) is 6.67. The lowest BCUT2D eigenvalue weighted by atomic mass is 9.84. The monoisotopic (exact) mass is 253 g/mol. The van der Waals surface area contributed by atoms with E-state index in [4.69, 9.17) is 4.74 Å². The Bertz CT molecular complexity index is 393. The molecule has 5 nitrogen and oxygen atoms in total. The quantitative estimate of drug-likeness (QED) is 0.819. The van der Waals surface area contributed by atoms with Crippen LogP contribution in [0.15, 0.2) is 0 Å². The topological polar surface area (TPSA) is 67.9 Å². The largest absolute Gasteiger partial charge is 0.460 e. The fourth-order valence-corrected chi connectivity index (χ4v) is 2.12.